The van der Waals surface area contributed by atoms with Crippen molar-refractivity contribution in [2.24, 2.45) is 11.8 Å². The number of hydrogen-bond donors (Lipinski definition) is 2. The number of nitrogens with one attached hydrogen (secondary N) is 1. The standard InChI is InChI=1S/C13H25N3O2/c1-9(2)12(13(17)15-14)16-7-8-18-11-6-4-3-5-10(11)16/h9-12H,3-8,14H2,1-2H3,(H,15,17). The van der Waals surface area contributed by atoms with Crippen LogP contribution in [-0.2, 0) is 9.53 Å². The van der Waals surface area contributed by atoms with E-state index in [1.54, 1.807) is 0 Å². The summed E-state index contributed by atoms with van der Waals surface area (Å²) in [5.74, 6) is 5.51. The van der Waals surface area contributed by atoms with Gasteiger partial charge < -0.3 is 4.74 Å². The van der Waals surface area contributed by atoms with Crippen molar-refractivity contribution in [1.29, 1.82) is 0 Å². The minimum Gasteiger partial charge on any atom is -0.375 e. The van der Waals surface area contributed by atoms with Gasteiger partial charge in [0.25, 0.3) is 5.91 Å². The van der Waals surface area contributed by atoms with Crippen molar-refractivity contribution < 1.29 is 9.53 Å². The largest absolute Gasteiger partial charge is 0.375 e. The Bertz CT molecular complexity index is 294. The van der Waals surface area contributed by atoms with Gasteiger partial charge in [-0.15, -0.1) is 0 Å². The second kappa shape index (κ2) is 5.99. The van der Waals surface area contributed by atoms with Crippen molar-refractivity contribution in [3.63, 3.8) is 0 Å². The average molecular weight is 255 g/mol. The quantitative estimate of drug-likeness (QED) is 0.441. The van der Waals surface area contributed by atoms with Gasteiger partial charge in [0.05, 0.1) is 18.8 Å². The average Bonchev–Trinajstić information content (AvgIpc) is 2.38. The topological polar surface area (TPSA) is 67.6 Å². The summed E-state index contributed by atoms with van der Waals surface area (Å²) in [6, 6.07) is 0.252. The molecule has 3 atom stereocenters. The lowest BCUT2D eigenvalue weighted by Gasteiger charge is -2.47. The molecule has 1 aliphatic carbocycles. The molecule has 1 saturated carbocycles. The van der Waals surface area contributed by atoms with Crippen LogP contribution < -0.4 is 11.3 Å². The van der Waals surface area contributed by atoms with Crippen molar-refractivity contribution in [2.45, 2.75) is 57.7 Å². The minimum absolute atomic E-state index is 0.0729. The van der Waals surface area contributed by atoms with Gasteiger partial charge in [0, 0.05) is 12.6 Å². The fourth-order valence-electron chi connectivity index (χ4n) is 3.39. The lowest BCUT2D eigenvalue weighted by molar-refractivity contribution is -0.141. The Morgan fingerprint density at radius 2 is 2.11 bits per heavy atom. The van der Waals surface area contributed by atoms with E-state index < -0.39 is 0 Å². The molecule has 1 amide bonds. The number of amides is 1. The van der Waals surface area contributed by atoms with Crippen molar-refractivity contribution in [3.05, 3.63) is 0 Å². The van der Waals surface area contributed by atoms with Crippen molar-refractivity contribution >= 4 is 5.91 Å². The van der Waals surface area contributed by atoms with E-state index in [-0.39, 0.29) is 17.9 Å². The summed E-state index contributed by atoms with van der Waals surface area (Å²) >= 11 is 0. The third kappa shape index (κ3) is 2.68. The molecular weight excluding hydrogens is 230 g/mol. The number of hydrazine groups is 1. The molecule has 1 heterocycles. The van der Waals surface area contributed by atoms with Crippen LogP contribution in [0.25, 0.3) is 0 Å². The first-order valence-electron chi connectivity index (χ1n) is 7.03. The Labute approximate surface area is 109 Å². The van der Waals surface area contributed by atoms with Gasteiger partial charge in [-0.25, -0.2) is 5.84 Å². The molecule has 2 fully saturated rings. The molecule has 2 aliphatic rings. The fraction of sp³-hybridized carbons (Fsp3) is 0.923. The SMILES string of the molecule is CC(C)C(C(=O)NN)N1CCOC2CCCCC21. The number of morpholine rings is 1. The third-order valence-corrected chi connectivity index (χ3v) is 4.17. The molecule has 104 valence electrons. The molecule has 0 aromatic carbocycles. The summed E-state index contributed by atoms with van der Waals surface area (Å²) in [5.41, 5.74) is 2.32. The summed E-state index contributed by atoms with van der Waals surface area (Å²) in [7, 11) is 0. The van der Waals surface area contributed by atoms with Crippen LogP contribution in [0.1, 0.15) is 39.5 Å². The van der Waals surface area contributed by atoms with E-state index >= 15 is 0 Å². The van der Waals surface area contributed by atoms with Crippen molar-refractivity contribution in [3.8, 4) is 0 Å². The zero-order valence-corrected chi connectivity index (χ0v) is 11.4. The number of rotatable bonds is 3. The molecule has 0 aromatic heterocycles. The predicted octanol–water partition coefficient (Wildman–Crippen LogP) is 0.644. The summed E-state index contributed by atoms with van der Waals surface area (Å²) in [4.78, 5) is 14.3. The second-order valence-corrected chi connectivity index (χ2v) is 5.70. The lowest BCUT2D eigenvalue weighted by Crippen LogP contribution is -2.62. The number of nitrogens with zero attached hydrogens (tertiary/aromatic N) is 1. The highest BCUT2D eigenvalue weighted by atomic mass is 16.5. The zero-order chi connectivity index (χ0) is 13.1. The maximum absolute atomic E-state index is 12.0. The highest BCUT2D eigenvalue weighted by Gasteiger charge is 2.40. The summed E-state index contributed by atoms with van der Waals surface area (Å²) in [5, 5.41) is 0. The summed E-state index contributed by atoms with van der Waals surface area (Å²) in [6.07, 6.45) is 5.03. The number of carbonyl (C=O) groups excluding carboxylic acids is 1. The van der Waals surface area contributed by atoms with E-state index in [1.165, 1.54) is 12.8 Å². The van der Waals surface area contributed by atoms with Gasteiger partial charge in [-0.05, 0) is 18.8 Å². The molecule has 5 heteroatoms. The molecule has 18 heavy (non-hydrogen) atoms. The van der Waals surface area contributed by atoms with E-state index in [2.05, 4.69) is 24.2 Å². The number of hydrogen-bond acceptors (Lipinski definition) is 4. The van der Waals surface area contributed by atoms with Crippen LogP contribution in [0, 0.1) is 5.92 Å². The van der Waals surface area contributed by atoms with Crippen LogP contribution in [0.5, 0.6) is 0 Å². The van der Waals surface area contributed by atoms with Gasteiger partial charge in [-0.2, -0.15) is 0 Å². The summed E-state index contributed by atoms with van der Waals surface area (Å²) in [6.45, 7) is 5.71. The Hall–Kier alpha value is -0.650. The van der Waals surface area contributed by atoms with Gasteiger partial charge >= 0.3 is 0 Å². The Kier molecular flexibility index (Phi) is 4.59. The number of fused-ring (bicyclic) bond motifs is 1. The molecular formula is C13H25N3O2. The van der Waals surface area contributed by atoms with Crippen molar-refractivity contribution in [2.75, 3.05) is 13.2 Å². The smallest absolute Gasteiger partial charge is 0.251 e. The first-order valence-corrected chi connectivity index (χ1v) is 7.03. The molecule has 3 unspecified atom stereocenters. The van der Waals surface area contributed by atoms with Gasteiger partial charge in [0.1, 0.15) is 0 Å². The molecule has 1 aliphatic heterocycles. The van der Waals surface area contributed by atoms with Crippen LogP contribution in [0.15, 0.2) is 0 Å². The molecule has 3 N–H and O–H groups in total. The molecule has 0 spiro atoms. The van der Waals surface area contributed by atoms with Crippen LogP contribution in [-0.4, -0.2) is 42.1 Å². The fourth-order valence-corrected chi connectivity index (χ4v) is 3.39. The maximum Gasteiger partial charge on any atom is 0.251 e. The van der Waals surface area contributed by atoms with Crippen LogP contribution in [0.2, 0.25) is 0 Å². The maximum atomic E-state index is 12.0. The molecule has 0 radical (unpaired) electrons. The van der Waals surface area contributed by atoms with Gasteiger partial charge in [0.2, 0.25) is 0 Å². The Morgan fingerprint density at radius 3 is 2.78 bits per heavy atom. The van der Waals surface area contributed by atoms with E-state index in [1.807, 2.05) is 0 Å². The number of nitrogens with two attached hydrogens (primary N) is 1. The normalized spacial score (nSPS) is 30.9. The van der Waals surface area contributed by atoms with E-state index in [4.69, 9.17) is 10.6 Å². The van der Waals surface area contributed by atoms with Gasteiger partial charge in [-0.1, -0.05) is 26.7 Å². The monoisotopic (exact) mass is 255 g/mol. The lowest BCUT2D eigenvalue weighted by atomic mass is 9.87. The first kappa shape index (κ1) is 13.8. The Balaban J connectivity index is 2.14. The van der Waals surface area contributed by atoms with Gasteiger partial charge in [0.15, 0.2) is 0 Å². The molecule has 0 aromatic rings. The molecule has 2 rings (SSSR count). The number of carbonyl (C=O) groups is 1. The number of ether oxygens (including phenoxy) is 1. The van der Waals surface area contributed by atoms with Crippen LogP contribution in [0.3, 0.4) is 0 Å². The van der Waals surface area contributed by atoms with E-state index in [9.17, 15) is 4.79 Å². The molecule has 5 nitrogen and oxygen atoms in total. The highest BCUT2D eigenvalue weighted by molar-refractivity contribution is 5.81. The third-order valence-electron chi connectivity index (χ3n) is 4.17. The van der Waals surface area contributed by atoms with E-state index in [0.29, 0.717) is 12.1 Å². The zero-order valence-electron chi connectivity index (χ0n) is 11.4. The Morgan fingerprint density at radius 1 is 1.39 bits per heavy atom. The second-order valence-electron chi connectivity index (χ2n) is 5.70. The van der Waals surface area contributed by atoms with Crippen LogP contribution >= 0.6 is 0 Å². The molecule has 0 bridgehead atoms. The minimum atomic E-state index is -0.135. The van der Waals surface area contributed by atoms with E-state index in [0.717, 1.165) is 26.0 Å². The first-order chi connectivity index (χ1) is 8.65. The van der Waals surface area contributed by atoms with Gasteiger partial charge in [-0.3, -0.25) is 15.1 Å². The summed E-state index contributed by atoms with van der Waals surface area (Å²) < 4.78 is 5.85. The predicted molar refractivity (Wildman–Crippen MR) is 69.7 cm³/mol. The molecule has 1 saturated heterocycles. The van der Waals surface area contributed by atoms with Crippen LogP contribution in [0.4, 0.5) is 0 Å². The highest BCUT2D eigenvalue weighted by Crippen LogP contribution is 2.31. The van der Waals surface area contributed by atoms with Crippen molar-refractivity contribution in [1.82, 2.24) is 10.3 Å².